The summed E-state index contributed by atoms with van der Waals surface area (Å²) < 4.78 is 40.5. The normalized spacial score (nSPS) is 15.4. The molecule has 164 valence electrons. The van der Waals surface area contributed by atoms with Gasteiger partial charge in [0, 0.05) is 64.1 Å². The first-order chi connectivity index (χ1) is 14.8. The standard InChI is InChI=1S/C21H23F3N6O/c1-28-9-2-3-17(28)20(31)30-13-11-29(12-14-30)10-8-26-19-15-4-5-18(21(22,23)24)27-16(15)6-7-25-19/h2-7,9H,8,10-14H2,1H3,(H,25,26). The van der Waals surface area contributed by atoms with Crippen molar-refractivity contribution in [3.8, 4) is 0 Å². The van der Waals surface area contributed by atoms with Gasteiger partial charge in [0.05, 0.1) is 5.52 Å². The molecule has 0 aliphatic carbocycles. The first-order valence-electron chi connectivity index (χ1n) is 10.0. The number of carbonyl (C=O) groups is 1. The summed E-state index contributed by atoms with van der Waals surface area (Å²) in [4.78, 5) is 24.6. The number of pyridine rings is 2. The number of carbonyl (C=O) groups excluding carboxylic acids is 1. The zero-order chi connectivity index (χ0) is 22.0. The molecule has 0 aromatic carbocycles. The van der Waals surface area contributed by atoms with Gasteiger partial charge in [-0.05, 0) is 30.3 Å². The maximum atomic E-state index is 12.9. The van der Waals surface area contributed by atoms with Gasteiger partial charge in [-0.15, -0.1) is 0 Å². The number of aryl methyl sites for hydroxylation is 1. The smallest absolute Gasteiger partial charge is 0.368 e. The Hall–Kier alpha value is -3.14. The van der Waals surface area contributed by atoms with Crippen LogP contribution in [0.1, 0.15) is 16.2 Å². The second-order valence-electron chi connectivity index (χ2n) is 7.49. The van der Waals surface area contributed by atoms with E-state index in [-0.39, 0.29) is 11.4 Å². The van der Waals surface area contributed by atoms with Crippen molar-refractivity contribution < 1.29 is 18.0 Å². The molecule has 1 N–H and O–H groups in total. The lowest BCUT2D eigenvalue weighted by Gasteiger charge is -2.34. The van der Waals surface area contributed by atoms with Gasteiger partial charge in [0.1, 0.15) is 17.2 Å². The highest BCUT2D eigenvalue weighted by Crippen LogP contribution is 2.30. The number of nitrogens with one attached hydrogen (secondary N) is 1. The molecule has 1 aliphatic heterocycles. The SMILES string of the molecule is Cn1cccc1C(=O)N1CCN(CCNc2nccc3nc(C(F)(F)F)ccc23)CC1. The molecular formula is C21H23F3N6O. The average Bonchev–Trinajstić information content (AvgIpc) is 3.18. The molecule has 0 bridgehead atoms. The number of halogens is 3. The van der Waals surface area contributed by atoms with Crippen LogP contribution in [0.4, 0.5) is 19.0 Å². The Kier molecular flexibility index (Phi) is 5.81. The molecule has 1 saturated heterocycles. The molecule has 0 spiro atoms. The molecule has 7 nitrogen and oxygen atoms in total. The molecule has 0 saturated carbocycles. The third-order valence-electron chi connectivity index (χ3n) is 5.45. The van der Waals surface area contributed by atoms with Crippen LogP contribution in [-0.4, -0.2) is 69.5 Å². The summed E-state index contributed by atoms with van der Waals surface area (Å²) in [5.41, 5.74) is 0.0134. The van der Waals surface area contributed by atoms with E-state index in [1.807, 2.05) is 34.8 Å². The first kappa shape index (κ1) is 21.1. The predicted octanol–water partition coefficient (Wildman–Crippen LogP) is 2.86. The Labute approximate surface area is 177 Å². The number of hydrogen-bond donors (Lipinski definition) is 1. The quantitative estimate of drug-likeness (QED) is 0.672. The lowest BCUT2D eigenvalue weighted by atomic mass is 10.2. The number of amides is 1. The molecule has 31 heavy (non-hydrogen) atoms. The van der Waals surface area contributed by atoms with Crippen LogP contribution in [0.25, 0.3) is 10.9 Å². The van der Waals surface area contributed by atoms with E-state index in [1.54, 1.807) is 0 Å². The zero-order valence-corrected chi connectivity index (χ0v) is 17.1. The van der Waals surface area contributed by atoms with Gasteiger partial charge in [-0.3, -0.25) is 9.69 Å². The number of alkyl halides is 3. The first-order valence-corrected chi connectivity index (χ1v) is 10.0. The van der Waals surface area contributed by atoms with E-state index in [0.29, 0.717) is 36.5 Å². The molecule has 0 radical (unpaired) electrons. The van der Waals surface area contributed by atoms with Crippen LogP contribution in [0, 0.1) is 0 Å². The largest absolute Gasteiger partial charge is 0.433 e. The summed E-state index contributed by atoms with van der Waals surface area (Å²) in [5, 5.41) is 3.75. The fraction of sp³-hybridized carbons (Fsp3) is 0.381. The van der Waals surface area contributed by atoms with Crippen molar-refractivity contribution in [1.29, 1.82) is 0 Å². The Bertz CT molecular complexity index is 1070. The minimum atomic E-state index is -4.48. The summed E-state index contributed by atoms with van der Waals surface area (Å²) in [6.45, 7) is 4.15. The third kappa shape index (κ3) is 4.63. The van der Waals surface area contributed by atoms with Crippen LogP contribution >= 0.6 is 0 Å². The van der Waals surface area contributed by atoms with E-state index in [1.165, 1.54) is 18.3 Å². The lowest BCUT2D eigenvalue weighted by molar-refractivity contribution is -0.140. The molecule has 3 aromatic heterocycles. The Morgan fingerprint density at radius 1 is 1.13 bits per heavy atom. The van der Waals surface area contributed by atoms with Gasteiger partial charge in [-0.2, -0.15) is 13.2 Å². The van der Waals surface area contributed by atoms with Crippen molar-refractivity contribution in [2.75, 3.05) is 44.6 Å². The molecule has 1 amide bonds. The summed E-state index contributed by atoms with van der Waals surface area (Å²) in [5.74, 6) is 0.548. The van der Waals surface area contributed by atoms with Crippen molar-refractivity contribution in [2.45, 2.75) is 6.18 Å². The van der Waals surface area contributed by atoms with Gasteiger partial charge in [0.25, 0.3) is 5.91 Å². The maximum absolute atomic E-state index is 12.9. The second-order valence-corrected chi connectivity index (χ2v) is 7.49. The van der Waals surface area contributed by atoms with Crippen molar-refractivity contribution in [3.63, 3.8) is 0 Å². The van der Waals surface area contributed by atoms with E-state index in [2.05, 4.69) is 20.2 Å². The van der Waals surface area contributed by atoms with Crippen LogP contribution < -0.4 is 5.32 Å². The molecule has 0 atom stereocenters. The number of rotatable bonds is 5. The van der Waals surface area contributed by atoms with Crippen molar-refractivity contribution in [1.82, 2.24) is 24.3 Å². The van der Waals surface area contributed by atoms with Crippen LogP contribution in [0.2, 0.25) is 0 Å². The highest BCUT2D eigenvalue weighted by molar-refractivity contribution is 5.92. The number of nitrogens with zero attached hydrogens (tertiary/aromatic N) is 5. The number of hydrogen-bond acceptors (Lipinski definition) is 5. The van der Waals surface area contributed by atoms with Gasteiger partial charge in [0.2, 0.25) is 0 Å². The van der Waals surface area contributed by atoms with E-state index in [9.17, 15) is 18.0 Å². The van der Waals surface area contributed by atoms with Gasteiger partial charge < -0.3 is 14.8 Å². The fourth-order valence-corrected chi connectivity index (χ4v) is 3.71. The lowest BCUT2D eigenvalue weighted by Crippen LogP contribution is -2.49. The van der Waals surface area contributed by atoms with Gasteiger partial charge >= 0.3 is 6.18 Å². The van der Waals surface area contributed by atoms with Crippen molar-refractivity contribution >= 4 is 22.6 Å². The van der Waals surface area contributed by atoms with E-state index in [4.69, 9.17) is 0 Å². The minimum absolute atomic E-state index is 0.0379. The Morgan fingerprint density at radius 3 is 2.58 bits per heavy atom. The molecule has 4 rings (SSSR count). The van der Waals surface area contributed by atoms with E-state index < -0.39 is 11.9 Å². The molecular weight excluding hydrogens is 409 g/mol. The molecule has 1 aliphatic rings. The molecule has 0 unspecified atom stereocenters. The zero-order valence-electron chi connectivity index (χ0n) is 17.1. The Balaban J connectivity index is 1.31. The molecule has 4 heterocycles. The van der Waals surface area contributed by atoms with Gasteiger partial charge in [-0.25, -0.2) is 9.97 Å². The maximum Gasteiger partial charge on any atom is 0.433 e. The highest BCUT2D eigenvalue weighted by atomic mass is 19.4. The van der Waals surface area contributed by atoms with Crippen LogP contribution in [0.15, 0.2) is 42.7 Å². The highest BCUT2D eigenvalue weighted by Gasteiger charge is 2.32. The predicted molar refractivity (Wildman–Crippen MR) is 111 cm³/mol. The molecule has 1 fully saturated rings. The fourth-order valence-electron chi connectivity index (χ4n) is 3.71. The summed E-state index contributed by atoms with van der Waals surface area (Å²) >= 11 is 0. The van der Waals surface area contributed by atoms with Crippen molar-refractivity contribution in [3.05, 3.63) is 54.1 Å². The van der Waals surface area contributed by atoms with Crippen LogP contribution in [-0.2, 0) is 13.2 Å². The Morgan fingerprint density at radius 2 is 1.90 bits per heavy atom. The summed E-state index contributed by atoms with van der Waals surface area (Å²) in [6.07, 6.45) is -1.17. The number of piperazine rings is 1. The van der Waals surface area contributed by atoms with Crippen LogP contribution in [0.5, 0.6) is 0 Å². The van der Waals surface area contributed by atoms with Crippen molar-refractivity contribution in [2.24, 2.45) is 7.05 Å². The number of fused-ring (bicyclic) bond motifs is 1. The summed E-state index contributed by atoms with van der Waals surface area (Å²) in [6, 6.07) is 7.52. The number of aromatic nitrogens is 3. The minimum Gasteiger partial charge on any atom is -0.368 e. The third-order valence-corrected chi connectivity index (χ3v) is 5.45. The number of anilines is 1. The second kappa shape index (κ2) is 8.54. The van der Waals surface area contributed by atoms with E-state index >= 15 is 0 Å². The van der Waals surface area contributed by atoms with E-state index in [0.717, 1.165) is 25.7 Å². The van der Waals surface area contributed by atoms with Crippen LogP contribution in [0.3, 0.4) is 0 Å². The average molecular weight is 432 g/mol. The topological polar surface area (TPSA) is 66.3 Å². The van der Waals surface area contributed by atoms with Gasteiger partial charge in [-0.1, -0.05) is 0 Å². The summed E-state index contributed by atoms with van der Waals surface area (Å²) in [7, 11) is 1.86. The van der Waals surface area contributed by atoms with Gasteiger partial charge in [0.15, 0.2) is 0 Å². The monoisotopic (exact) mass is 432 g/mol. The molecule has 10 heteroatoms. The molecule has 3 aromatic rings.